The van der Waals surface area contributed by atoms with Crippen molar-refractivity contribution in [2.75, 3.05) is 13.7 Å². The maximum Gasteiger partial charge on any atom is 0.309 e. The lowest BCUT2D eigenvalue weighted by molar-refractivity contribution is -0.147. The molecule has 1 aromatic rings. The third-order valence-electron chi connectivity index (χ3n) is 3.15. The molecule has 0 atom stereocenters. The van der Waals surface area contributed by atoms with Gasteiger partial charge in [-0.2, -0.15) is 0 Å². The standard InChI is InChI=1S/C15H21NO4/c1-15(2,14(18)19)7-8-16-13(17)10-11-5-4-6-12(9-11)20-3/h4-6,9H,7-8,10H2,1-3H3,(H,16,17)(H,18,19). The Morgan fingerprint density at radius 3 is 2.65 bits per heavy atom. The maximum absolute atomic E-state index is 11.8. The first kappa shape index (κ1) is 16.0. The molecule has 1 rings (SSSR count). The second-order valence-electron chi connectivity index (χ2n) is 5.32. The third kappa shape index (κ3) is 4.91. The fraction of sp³-hybridized carbons (Fsp3) is 0.467. The molecule has 0 heterocycles. The topological polar surface area (TPSA) is 75.6 Å². The predicted molar refractivity (Wildman–Crippen MR) is 75.7 cm³/mol. The highest BCUT2D eigenvalue weighted by Crippen LogP contribution is 2.19. The van der Waals surface area contributed by atoms with Crippen LogP contribution in [0.15, 0.2) is 24.3 Å². The zero-order valence-electron chi connectivity index (χ0n) is 12.1. The Labute approximate surface area is 118 Å². The van der Waals surface area contributed by atoms with Crippen LogP contribution in [-0.4, -0.2) is 30.6 Å². The first-order valence-electron chi connectivity index (χ1n) is 6.48. The van der Waals surface area contributed by atoms with Gasteiger partial charge < -0.3 is 15.2 Å². The molecular formula is C15H21NO4. The van der Waals surface area contributed by atoms with Gasteiger partial charge in [-0.15, -0.1) is 0 Å². The van der Waals surface area contributed by atoms with Crippen LogP contribution in [0.25, 0.3) is 0 Å². The minimum absolute atomic E-state index is 0.126. The summed E-state index contributed by atoms with van der Waals surface area (Å²) in [6.07, 6.45) is 0.650. The van der Waals surface area contributed by atoms with Crippen molar-refractivity contribution in [1.29, 1.82) is 0 Å². The van der Waals surface area contributed by atoms with Crippen molar-refractivity contribution in [2.24, 2.45) is 5.41 Å². The van der Waals surface area contributed by atoms with Crippen LogP contribution in [0.2, 0.25) is 0 Å². The third-order valence-corrected chi connectivity index (χ3v) is 3.15. The number of carboxylic acids is 1. The Balaban J connectivity index is 2.42. The van der Waals surface area contributed by atoms with Gasteiger partial charge in [-0.05, 0) is 38.0 Å². The molecule has 0 aromatic heterocycles. The second-order valence-corrected chi connectivity index (χ2v) is 5.32. The van der Waals surface area contributed by atoms with Crippen LogP contribution in [0.5, 0.6) is 5.75 Å². The summed E-state index contributed by atoms with van der Waals surface area (Å²) in [4.78, 5) is 22.7. The van der Waals surface area contributed by atoms with E-state index in [-0.39, 0.29) is 12.3 Å². The zero-order chi connectivity index (χ0) is 15.2. The van der Waals surface area contributed by atoms with Crippen LogP contribution < -0.4 is 10.1 Å². The lowest BCUT2D eigenvalue weighted by Crippen LogP contribution is -2.32. The lowest BCUT2D eigenvalue weighted by Gasteiger charge is -2.18. The number of carbonyl (C=O) groups is 2. The minimum Gasteiger partial charge on any atom is -0.497 e. The summed E-state index contributed by atoms with van der Waals surface area (Å²) in [7, 11) is 1.58. The summed E-state index contributed by atoms with van der Waals surface area (Å²) >= 11 is 0. The minimum atomic E-state index is -0.862. The van der Waals surface area contributed by atoms with Gasteiger partial charge in [-0.25, -0.2) is 0 Å². The smallest absolute Gasteiger partial charge is 0.309 e. The number of hydrogen-bond acceptors (Lipinski definition) is 3. The van der Waals surface area contributed by atoms with Gasteiger partial charge in [-0.1, -0.05) is 12.1 Å². The average Bonchev–Trinajstić information content (AvgIpc) is 2.38. The van der Waals surface area contributed by atoms with Crippen LogP contribution in [-0.2, 0) is 16.0 Å². The Kier molecular flexibility index (Phi) is 5.55. The van der Waals surface area contributed by atoms with Crippen molar-refractivity contribution in [1.82, 2.24) is 5.32 Å². The van der Waals surface area contributed by atoms with Gasteiger partial charge in [0, 0.05) is 6.54 Å². The van der Waals surface area contributed by atoms with Gasteiger partial charge in [-0.3, -0.25) is 9.59 Å². The number of carboxylic acid groups (broad SMARTS) is 1. The van der Waals surface area contributed by atoms with Crippen molar-refractivity contribution in [3.8, 4) is 5.75 Å². The van der Waals surface area contributed by atoms with Crippen LogP contribution in [0.1, 0.15) is 25.8 Å². The molecule has 20 heavy (non-hydrogen) atoms. The van der Waals surface area contributed by atoms with Crippen molar-refractivity contribution in [3.63, 3.8) is 0 Å². The Hall–Kier alpha value is -2.04. The summed E-state index contributed by atoms with van der Waals surface area (Å²) in [5.41, 5.74) is 0.0304. The maximum atomic E-state index is 11.8. The molecule has 0 bridgehead atoms. The molecule has 0 spiro atoms. The van der Waals surface area contributed by atoms with E-state index < -0.39 is 11.4 Å². The zero-order valence-corrected chi connectivity index (χ0v) is 12.1. The van der Waals surface area contributed by atoms with Gasteiger partial charge in [0.2, 0.25) is 5.91 Å². The van der Waals surface area contributed by atoms with E-state index in [0.29, 0.717) is 18.7 Å². The molecular weight excluding hydrogens is 258 g/mol. The normalized spacial score (nSPS) is 10.9. The number of amides is 1. The molecule has 1 amide bonds. The molecule has 0 unspecified atom stereocenters. The van der Waals surface area contributed by atoms with E-state index in [1.54, 1.807) is 27.0 Å². The lowest BCUT2D eigenvalue weighted by atomic mass is 9.90. The van der Waals surface area contributed by atoms with Gasteiger partial charge >= 0.3 is 5.97 Å². The van der Waals surface area contributed by atoms with E-state index in [9.17, 15) is 9.59 Å². The van der Waals surface area contributed by atoms with E-state index in [4.69, 9.17) is 9.84 Å². The average molecular weight is 279 g/mol. The summed E-state index contributed by atoms with van der Waals surface area (Å²) in [5.74, 6) is -0.277. The van der Waals surface area contributed by atoms with Crippen molar-refractivity contribution in [2.45, 2.75) is 26.7 Å². The Bertz CT molecular complexity index is 483. The molecule has 5 heteroatoms. The van der Waals surface area contributed by atoms with Gasteiger partial charge in [0.1, 0.15) is 5.75 Å². The first-order valence-corrected chi connectivity index (χ1v) is 6.48. The number of methoxy groups -OCH3 is 1. The molecule has 0 aliphatic carbocycles. The molecule has 0 fully saturated rings. The second kappa shape index (κ2) is 6.93. The monoisotopic (exact) mass is 279 g/mol. The molecule has 110 valence electrons. The van der Waals surface area contributed by atoms with Crippen LogP contribution in [0, 0.1) is 5.41 Å². The highest BCUT2D eigenvalue weighted by atomic mass is 16.5. The molecule has 1 aromatic carbocycles. The molecule has 5 nitrogen and oxygen atoms in total. The van der Waals surface area contributed by atoms with Crippen LogP contribution in [0.3, 0.4) is 0 Å². The first-order chi connectivity index (χ1) is 9.35. The molecule has 0 saturated heterocycles. The van der Waals surface area contributed by atoms with Crippen molar-refractivity contribution < 1.29 is 19.4 Å². The molecule has 0 saturated carbocycles. The van der Waals surface area contributed by atoms with E-state index in [1.165, 1.54) is 0 Å². The Morgan fingerprint density at radius 2 is 2.05 bits per heavy atom. The van der Waals surface area contributed by atoms with Crippen molar-refractivity contribution in [3.05, 3.63) is 29.8 Å². The van der Waals surface area contributed by atoms with Crippen molar-refractivity contribution >= 4 is 11.9 Å². The summed E-state index contributed by atoms with van der Waals surface area (Å²) < 4.78 is 5.09. The highest BCUT2D eigenvalue weighted by molar-refractivity contribution is 5.79. The number of aliphatic carboxylic acids is 1. The number of ether oxygens (including phenoxy) is 1. The Morgan fingerprint density at radius 1 is 1.35 bits per heavy atom. The van der Waals surface area contributed by atoms with E-state index in [1.807, 2.05) is 18.2 Å². The quantitative estimate of drug-likeness (QED) is 0.798. The number of hydrogen-bond donors (Lipinski definition) is 2. The molecule has 0 aliphatic rings. The van der Waals surface area contributed by atoms with E-state index in [0.717, 1.165) is 5.56 Å². The van der Waals surface area contributed by atoms with E-state index in [2.05, 4.69) is 5.32 Å². The number of carbonyl (C=O) groups excluding carboxylic acids is 1. The fourth-order valence-electron chi connectivity index (χ4n) is 1.65. The number of nitrogens with one attached hydrogen (secondary N) is 1. The SMILES string of the molecule is COc1cccc(CC(=O)NCCC(C)(C)C(=O)O)c1. The number of rotatable bonds is 7. The summed E-state index contributed by atoms with van der Waals surface area (Å²) in [5, 5.41) is 11.7. The van der Waals surface area contributed by atoms with Gasteiger partial charge in [0.15, 0.2) is 0 Å². The predicted octanol–water partition coefficient (Wildman–Crippen LogP) is 1.85. The summed E-state index contributed by atoms with van der Waals surface area (Å²) in [6.45, 7) is 3.63. The fourth-order valence-corrected chi connectivity index (χ4v) is 1.65. The van der Waals surface area contributed by atoms with E-state index >= 15 is 0 Å². The number of benzene rings is 1. The van der Waals surface area contributed by atoms with Crippen LogP contribution >= 0.6 is 0 Å². The molecule has 2 N–H and O–H groups in total. The molecule has 0 aliphatic heterocycles. The molecule has 0 radical (unpaired) electrons. The van der Waals surface area contributed by atoms with Gasteiger partial charge in [0.25, 0.3) is 0 Å². The van der Waals surface area contributed by atoms with Gasteiger partial charge in [0.05, 0.1) is 18.9 Å². The summed E-state index contributed by atoms with van der Waals surface area (Å²) in [6, 6.07) is 7.30. The largest absolute Gasteiger partial charge is 0.497 e. The van der Waals surface area contributed by atoms with Crippen LogP contribution in [0.4, 0.5) is 0 Å². The highest BCUT2D eigenvalue weighted by Gasteiger charge is 2.26.